The van der Waals surface area contributed by atoms with Gasteiger partial charge in [-0.2, -0.15) is 4.98 Å². The van der Waals surface area contributed by atoms with Gasteiger partial charge in [-0.3, -0.25) is 9.10 Å². The number of hydrogen-bond acceptors (Lipinski definition) is 6. The predicted octanol–water partition coefficient (Wildman–Crippen LogP) is 2.78. The van der Waals surface area contributed by atoms with Crippen LogP contribution in [0.15, 0.2) is 53.1 Å². The van der Waals surface area contributed by atoms with Gasteiger partial charge in [-0.1, -0.05) is 46.6 Å². The van der Waals surface area contributed by atoms with Gasteiger partial charge in [0, 0.05) is 10.6 Å². The standard InChI is InChI=1S/C19H19ClN4O4S/c1-13-3-5-14(6-4-13)19-22-18(28-23-19)11-21-17(25)12-24(29(2,26)27)16-9-7-15(20)8-10-16/h3-10H,11-12H2,1-2H3,(H,21,25). The minimum atomic E-state index is -3.67. The number of anilines is 1. The van der Waals surface area contributed by atoms with E-state index in [2.05, 4.69) is 15.5 Å². The highest BCUT2D eigenvalue weighted by Gasteiger charge is 2.21. The summed E-state index contributed by atoms with van der Waals surface area (Å²) in [7, 11) is -3.67. The molecule has 0 saturated heterocycles. The first-order chi connectivity index (χ1) is 13.7. The smallest absolute Gasteiger partial charge is 0.246 e. The maximum absolute atomic E-state index is 12.3. The minimum absolute atomic E-state index is 0.0179. The van der Waals surface area contributed by atoms with Crippen LogP contribution in [0.2, 0.25) is 5.02 Å². The van der Waals surface area contributed by atoms with Gasteiger partial charge in [-0.25, -0.2) is 8.42 Å². The monoisotopic (exact) mass is 434 g/mol. The Morgan fingerprint density at radius 3 is 2.41 bits per heavy atom. The second-order valence-corrected chi connectivity index (χ2v) is 8.74. The molecule has 2 aromatic carbocycles. The summed E-state index contributed by atoms with van der Waals surface area (Å²) in [6.45, 7) is 1.57. The lowest BCUT2D eigenvalue weighted by Gasteiger charge is -2.21. The lowest BCUT2D eigenvalue weighted by Crippen LogP contribution is -2.40. The number of aryl methyl sites for hydroxylation is 1. The van der Waals surface area contributed by atoms with Crippen LogP contribution in [0, 0.1) is 6.92 Å². The molecule has 1 amide bonds. The summed E-state index contributed by atoms with van der Waals surface area (Å²) in [5.41, 5.74) is 2.25. The van der Waals surface area contributed by atoms with E-state index in [1.165, 1.54) is 12.1 Å². The van der Waals surface area contributed by atoms with Crippen molar-refractivity contribution in [3.05, 3.63) is 65.0 Å². The van der Waals surface area contributed by atoms with Crippen molar-refractivity contribution in [2.24, 2.45) is 0 Å². The average molecular weight is 435 g/mol. The topological polar surface area (TPSA) is 105 Å². The highest BCUT2D eigenvalue weighted by molar-refractivity contribution is 7.92. The molecule has 1 N–H and O–H groups in total. The van der Waals surface area contributed by atoms with E-state index in [9.17, 15) is 13.2 Å². The van der Waals surface area contributed by atoms with Crippen LogP contribution in [-0.4, -0.2) is 37.3 Å². The van der Waals surface area contributed by atoms with E-state index in [1.807, 2.05) is 31.2 Å². The zero-order valence-electron chi connectivity index (χ0n) is 15.8. The van der Waals surface area contributed by atoms with Crippen LogP contribution in [0.1, 0.15) is 11.5 Å². The first-order valence-electron chi connectivity index (χ1n) is 8.62. The molecule has 0 aliphatic rings. The molecule has 3 rings (SSSR count). The Morgan fingerprint density at radius 2 is 1.79 bits per heavy atom. The van der Waals surface area contributed by atoms with E-state index in [4.69, 9.17) is 16.1 Å². The van der Waals surface area contributed by atoms with E-state index >= 15 is 0 Å². The fourth-order valence-corrected chi connectivity index (χ4v) is 3.50. The van der Waals surface area contributed by atoms with Gasteiger partial charge in [0.15, 0.2) is 0 Å². The van der Waals surface area contributed by atoms with Crippen LogP contribution >= 0.6 is 11.6 Å². The zero-order chi connectivity index (χ0) is 21.0. The molecule has 0 fully saturated rings. The quantitative estimate of drug-likeness (QED) is 0.613. The second kappa shape index (κ2) is 8.62. The highest BCUT2D eigenvalue weighted by Crippen LogP contribution is 2.20. The lowest BCUT2D eigenvalue weighted by molar-refractivity contribution is -0.119. The van der Waals surface area contributed by atoms with Crippen LogP contribution < -0.4 is 9.62 Å². The molecule has 10 heteroatoms. The molecule has 0 aliphatic heterocycles. The van der Waals surface area contributed by atoms with Crippen molar-refractivity contribution in [1.82, 2.24) is 15.5 Å². The summed E-state index contributed by atoms with van der Waals surface area (Å²) in [6, 6.07) is 13.8. The highest BCUT2D eigenvalue weighted by atomic mass is 35.5. The van der Waals surface area contributed by atoms with Gasteiger partial charge in [-0.15, -0.1) is 0 Å². The number of amides is 1. The van der Waals surface area contributed by atoms with Crippen molar-refractivity contribution >= 4 is 33.2 Å². The van der Waals surface area contributed by atoms with Gasteiger partial charge in [-0.05, 0) is 31.2 Å². The molecular formula is C19H19ClN4O4S. The molecule has 0 bridgehead atoms. The molecule has 0 saturated carbocycles. The van der Waals surface area contributed by atoms with Crippen LogP contribution in [0.3, 0.4) is 0 Å². The summed E-state index contributed by atoms with van der Waals surface area (Å²) in [5.74, 6) is 0.111. The Labute approximate surface area is 173 Å². The molecule has 29 heavy (non-hydrogen) atoms. The van der Waals surface area contributed by atoms with E-state index < -0.39 is 15.9 Å². The SMILES string of the molecule is Cc1ccc(-c2noc(CNC(=O)CN(c3ccc(Cl)cc3)S(C)(=O)=O)n2)cc1. The Bertz CT molecular complexity index is 1100. The van der Waals surface area contributed by atoms with Crippen molar-refractivity contribution < 1.29 is 17.7 Å². The number of rotatable bonds is 7. The molecule has 0 atom stereocenters. The van der Waals surface area contributed by atoms with Gasteiger partial charge < -0.3 is 9.84 Å². The molecule has 3 aromatic rings. The Kier molecular flexibility index (Phi) is 6.19. The number of carbonyl (C=O) groups is 1. The normalized spacial score (nSPS) is 11.3. The number of carbonyl (C=O) groups excluding carboxylic acids is 1. The summed E-state index contributed by atoms with van der Waals surface area (Å²) in [6.07, 6.45) is 1.03. The van der Waals surface area contributed by atoms with Crippen molar-refractivity contribution in [2.75, 3.05) is 17.1 Å². The van der Waals surface area contributed by atoms with Gasteiger partial charge in [0.25, 0.3) is 0 Å². The third-order valence-electron chi connectivity index (χ3n) is 4.02. The number of nitrogens with zero attached hydrogens (tertiary/aromatic N) is 3. The molecule has 152 valence electrons. The Morgan fingerprint density at radius 1 is 1.14 bits per heavy atom. The van der Waals surface area contributed by atoms with E-state index in [-0.39, 0.29) is 19.0 Å². The third-order valence-corrected chi connectivity index (χ3v) is 5.41. The second-order valence-electron chi connectivity index (χ2n) is 6.40. The number of halogens is 1. The molecular weight excluding hydrogens is 416 g/mol. The molecule has 0 radical (unpaired) electrons. The van der Waals surface area contributed by atoms with E-state index in [0.717, 1.165) is 21.7 Å². The fourth-order valence-electron chi connectivity index (χ4n) is 2.51. The zero-order valence-corrected chi connectivity index (χ0v) is 17.4. The molecule has 0 aliphatic carbocycles. The van der Waals surface area contributed by atoms with Gasteiger partial charge >= 0.3 is 0 Å². The van der Waals surface area contributed by atoms with Crippen molar-refractivity contribution in [2.45, 2.75) is 13.5 Å². The molecule has 1 aromatic heterocycles. The van der Waals surface area contributed by atoms with Crippen molar-refractivity contribution in [3.63, 3.8) is 0 Å². The summed E-state index contributed by atoms with van der Waals surface area (Å²) in [5, 5.41) is 6.95. The molecule has 1 heterocycles. The van der Waals surface area contributed by atoms with Gasteiger partial charge in [0.2, 0.25) is 27.6 Å². The average Bonchev–Trinajstić information content (AvgIpc) is 3.14. The number of aromatic nitrogens is 2. The van der Waals surface area contributed by atoms with Crippen LogP contribution in [0.5, 0.6) is 0 Å². The maximum atomic E-state index is 12.3. The fraction of sp³-hybridized carbons (Fsp3) is 0.211. The number of sulfonamides is 1. The molecule has 0 unspecified atom stereocenters. The van der Waals surface area contributed by atoms with E-state index in [0.29, 0.717) is 16.5 Å². The maximum Gasteiger partial charge on any atom is 0.246 e. The van der Waals surface area contributed by atoms with E-state index in [1.54, 1.807) is 12.1 Å². The van der Waals surface area contributed by atoms with Gasteiger partial charge in [0.1, 0.15) is 6.54 Å². The van der Waals surface area contributed by atoms with Crippen LogP contribution in [0.4, 0.5) is 5.69 Å². The van der Waals surface area contributed by atoms with Crippen LogP contribution in [0.25, 0.3) is 11.4 Å². The first-order valence-corrected chi connectivity index (χ1v) is 10.8. The largest absolute Gasteiger partial charge is 0.345 e. The summed E-state index contributed by atoms with van der Waals surface area (Å²) >= 11 is 5.84. The van der Waals surface area contributed by atoms with Crippen molar-refractivity contribution in [3.8, 4) is 11.4 Å². The van der Waals surface area contributed by atoms with Gasteiger partial charge in [0.05, 0.1) is 18.5 Å². The summed E-state index contributed by atoms with van der Waals surface area (Å²) < 4.78 is 30.3. The predicted molar refractivity (Wildman–Crippen MR) is 110 cm³/mol. The Hall–Kier alpha value is -2.91. The molecule has 0 spiro atoms. The third kappa shape index (κ3) is 5.55. The summed E-state index contributed by atoms with van der Waals surface area (Å²) in [4.78, 5) is 16.5. The van der Waals surface area contributed by atoms with Crippen molar-refractivity contribution in [1.29, 1.82) is 0 Å². The number of hydrogen-bond donors (Lipinski definition) is 1. The molecule has 8 nitrogen and oxygen atoms in total. The number of nitrogens with one attached hydrogen (secondary N) is 1. The minimum Gasteiger partial charge on any atom is -0.345 e. The lowest BCUT2D eigenvalue weighted by atomic mass is 10.1. The Balaban J connectivity index is 1.64. The van der Waals surface area contributed by atoms with Crippen LogP contribution in [-0.2, 0) is 21.4 Å². The number of benzene rings is 2. The first kappa shape index (κ1) is 20.8.